The van der Waals surface area contributed by atoms with Crippen LogP contribution in [-0.4, -0.2) is 69.5 Å². The van der Waals surface area contributed by atoms with E-state index in [1.807, 2.05) is 21.0 Å². The summed E-state index contributed by atoms with van der Waals surface area (Å²) in [6, 6.07) is 6.53. The normalized spacial score (nSPS) is 12.9. The van der Waals surface area contributed by atoms with Gasteiger partial charge in [-0.2, -0.15) is 0 Å². The van der Waals surface area contributed by atoms with Gasteiger partial charge in [0.05, 0.1) is 6.04 Å². The van der Waals surface area contributed by atoms with Gasteiger partial charge in [0.15, 0.2) is 5.96 Å². The monoisotopic (exact) mass is 337 g/mol. The van der Waals surface area contributed by atoms with Crippen LogP contribution in [0.2, 0.25) is 0 Å². The first-order valence-corrected chi connectivity index (χ1v) is 7.99. The summed E-state index contributed by atoms with van der Waals surface area (Å²) in [5.74, 6) is 0.276. The molecule has 6 nitrogen and oxygen atoms in total. The van der Waals surface area contributed by atoms with Gasteiger partial charge in [0.25, 0.3) is 0 Å². The lowest BCUT2D eigenvalue weighted by Gasteiger charge is -2.26. The van der Waals surface area contributed by atoms with Gasteiger partial charge < -0.3 is 20.4 Å². The van der Waals surface area contributed by atoms with Gasteiger partial charge in [-0.3, -0.25) is 4.79 Å². The van der Waals surface area contributed by atoms with Gasteiger partial charge >= 0.3 is 0 Å². The minimum atomic E-state index is -0.249. The summed E-state index contributed by atoms with van der Waals surface area (Å²) < 4.78 is 13.1. The van der Waals surface area contributed by atoms with Crippen molar-refractivity contribution in [3.05, 3.63) is 35.6 Å². The number of likely N-dealkylation sites (N-methyl/N-ethyl adjacent to an activating group) is 2. The number of carbonyl (C=O) groups excluding carboxylic acids is 1. The highest BCUT2D eigenvalue weighted by Crippen LogP contribution is 2.17. The Hall–Kier alpha value is -2.15. The summed E-state index contributed by atoms with van der Waals surface area (Å²) >= 11 is 0. The third-order valence-corrected chi connectivity index (χ3v) is 3.56. The fourth-order valence-corrected chi connectivity index (χ4v) is 2.11. The Bertz CT molecular complexity index is 542. The van der Waals surface area contributed by atoms with Gasteiger partial charge in [-0.1, -0.05) is 12.1 Å². The number of hydrogen-bond acceptors (Lipinski definition) is 3. The second-order valence-electron chi connectivity index (χ2n) is 5.90. The molecule has 1 atom stereocenters. The Kier molecular flexibility index (Phi) is 8.18. The number of halogens is 1. The van der Waals surface area contributed by atoms with E-state index in [1.165, 1.54) is 17.0 Å². The average Bonchev–Trinajstić information content (AvgIpc) is 2.53. The summed E-state index contributed by atoms with van der Waals surface area (Å²) in [5.41, 5.74) is 1.01. The van der Waals surface area contributed by atoms with E-state index in [2.05, 4.69) is 20.5 Å². The molecular formula is C17H28FN5O. The van der Waals surface area contributed by atoms with Gasteiger partial charge in [0, 0.05) is 27.2 Å². The van der Waals surface area contributed by atoms with Crippen LogP contribution in [0.1, 0.15) is 18.5 Å². The van der Waals surface area contributed by atoms with Crippen molar-refractivity contribution in [3.63, 3.8) is 0 Å². The van der Waals surface area contributed by atoms with E-state index < -0.39 is 0 Å². The molecule has 0 aliphatic rings. The van der Waals surface area contributed by atoms with Gasteiger partial charge in [-0.15, -0.1) is 0 Å². The zero-order valence-corrected chi connectivity index (χ0v) is 15.1. The highest BCUT2D eigenvalue weighted by molar-refractivity contribution is 5.84. The van der Waals surface area contributed by atoms with Crippen molar-refractivity contribution in [2.24, 2.45) is 4.99 Å². The van der Waals surface area contributed by atoms with Crippen LogP contribution >= 0.6 is 0 Å². The summed E-state index contributed by atoms with van der Waals surface area (Å²) in [6.07, 6.45) is 0. The van der Waals surface area contributed by atoms with E-state index in [0.717, 1.165) is 5.56 Å². The molecule has 7 heteroatoms. The molecule has 0 bridgehead atoms. The predicted molar refractivity (Wildman–Crippen MR) is 95.5 cm³/mol. The van der Waals surface area contributed by atoms with Gasteiger partial charge in [-0.05, 0) is 38.7 Å². The third kappa shape index (κ3) is 6.54. The number of benzene rings is 1. The lowest BCUT2D eigenvalue weighted by Crippen LogP contribution is -2.42. The predicted octanol–water partition coefficient (Wildman–Crippen LogP) is 1.07. The highest BCUT2D eigenvalue weighted by atomic mass is 19.1. The van der Waals surface area contributed by atoms with Gasteiger partial charge in [-0.25, -0.2) is 9.38 Å². The third-order valence-electron chi connectivity index (χ3n) is 3.56. The second kappa shape index (κ2) is 9.87. The molecule has 0 heterocycles. The second-order valence-corrected chi connectivity index (χ2v) is 5.90. The summed E-state index contributed by atoms with van der Waals surface area (Å²) in [7, 11) is 7.34. The molecule has 1 rings (SSSR count). The van der Waals surface area contributed by atoms with Crippen molar-refractivity contribution in [2.45, 2.75) is 13.0 Å². The van der Waals surface area contributed by atoms with Crippen LogP contribution in [0.5, 0.6) is 0 Å². The minimum absolute atomic E-state index is 0.0546. The van der Waals surface area contributed by atoms with Crippen molar-refractivity contribution >= 4 is 11.9 Å². The standard InChI is InChI=1S/C17H28FN5O/c1-6-19-17(21-12-16(24)23(4)5)20-11-15(22(2)3)13-7-9-14(18)10-8-13/h7-10,15H,6,11-12H2,1-5H3,(H2,19,20,21). The molecular weight excluding hydrogens is 309 g/mol. The van der Waals surface area contributed by atoms with Crippen LogP contribution in [0, 0.1) is 5.82 Å². The first-order valence-electron chi connectivity index (χ1n) is 7.99. The van der Waals surface area contributed by atoms with Crippen molar-refractivity contribution in [3.8, 4) is 0 Å². The van der Waals surface area contributed by atoms with E-state index in [1.54, 1.807) is 26.2 Å². The maximum Gasteiger partial charge on any atom is 0.243 e. The lowest BCUT2D eigenvalue weighted by atomic mass is 10.1. The van der Waals surface area contributed by atoms with Crippen LogP contribution in [0.4, 0.5) is 4.39 Å². The quantitative estimate of drug-likeness (QED) is 0.577. The molecule has 134 valence electrons. The smallest absolute Gasteiger partial charge is 0.243 e. The van der Waals surface area contributed by atoms with E-state index in [0.29, 0.717) is 19.0 Å². The Morgan fingerprint density at radius 1 is 1.17 bits per heavy atom. The van der Waals surface area contributed by atoms with Crippen molar-refractivity contribution in [1.82, 2.24) is 20.4 Å². The SMILES string of the molecule is CCNC(=NCC(=O)N(C)C)NCC(c1ccc(F)cc1)N(C)C. The molecule has 0 fully saturated rings. The fraction of sp³-hybridized carbons (Fsp3) is 0.529. The van der Waals surface area contributed by atoms with Crippen LogP contribution in [0.3, 0.4) is 0 Å². The first-order chi connectivity index (χ1) is 11.3. The Morgan fingerprint density at radius 3 is 2.29 bits per heavy atom. The maximum absolute atomic E-state index is 13.1. The number of nitrogens with one attached hydrogen (secondary N) is 2. The van der Waals surface area contributed by atoms with Crippen LogP contribution in [0.25, 0.3) is 0 Å². The first kappa shape index (κ1) is 19.9. The molecule has 0 saturated carbocycles. The molecule has 0 aromatic heterocycles. The molecule has 1 amide bonds. The molecule has 0 saturated heterocycles. The number of nitrogens with zero attached hydrogens (tertiary/aromatic N) is 3. The maximum atomic E-state index is 13.1. The van der Waals surface area contributed by atoms with Crippen LogP contribution < -0.4 is 10.6 Å². The summed E-state index contributed by atoms with van der Waals surface area (Å²) in [5, 5.41) is 6.36. The molecule has 24 heavy (non-hydrogen) atoms. The molecule has 0 spiro atoms. The largest absolute Gasteiger partial charge is 0.357 e. The molecule has 1 aromatic rings. The van der Waals surface area contributed by atoms with Crippen LogP contribution in [0.15, 0.2) is 29.3 Å². The molecule has 2 N–H and O–H groups in total. The summed E-state index contributed by atoms with van der Waals surface area (Å²) in [4.78, 5) is 19.5. The minimum Gasteiger partial charge on any atom is -0.357 e. The zero-order valence-electron chi connectivity index (χ0n) is 15.1. The number of rotatable bonds is 7. The topological polar surface area (TPSA) is 60.0 Å². The van der Waals surface area contributed by atoms with E-state index in [4.69, 9.17) is 0 Å². The summed E-state index contributed by atoms with van der Waals surface area (Å²) in [6.45, 7) is 3.34. The van der Waals surface area contributed by atoms with Crippen molar-refractivity contribution in [2.75, 3.05) is 47.8 Å². The Morgan fingerprint density at radius 2 is 1.79 bits per heavy atom. The van der Waals surface area contributed by atoms with Gasteiger partial charge in [0.1, 0.15) is 12.4 Å². The Labute approximate surface area is 143 Å². The average molecular weight is 337 g/mol. The molecule has 0 aliphatic heterocycles. The van der Waals surface area contributed by atoms with E-state index >= 15 is 0 Å². The van der Waals surface area contributed by atoms with E-state index in [-0.39, 0.29) is 24.3 Å². The number of carbonyl (C=O) groups is 1. The Balaban J connectivity index is 2.76. The molecule has 1 aromatic carbocycles. The van der Waals surface area contributed by atoms with Gasteiger partial charge in [0.2, 0.25) is 5.91 Å². The molecule has 0 aliphatic carbocycles. The zero-order chi connectivity index (χ0) is 18.1. The number of amides is 1. The highest BCUT2D eigenvalue weighted by Gasteiger charge is 2.15. The molecule has 0 radical (unpaired) electrons. The number of aliphatic imine (C=N–C) groups is 1. The molecule has 1 unspecified atom stereocenters. The van der Waals surface area contributed by atoms with Crippen molar-refractivity contribution in [1.29, 1.82) is 0 Å². The van der Waals surface area contributed by atoms with E-state index in [9.17, 15) is 9.18 Å². The van der Waals surface area contributed by atoms with Crippen LogP contribution in [-0.2, 0) is 4.79 Å². The lowest BCUT2D eigenvalue weighted by molar-refractivity contribution is -0.127. The number of guanidine groups is 1. The number of hydrogen-bond donors (Lipinski definition) is 2. The van der Waals surface area contributed by atoms with Crippen molar-refractivity contribution < 1.29 is 9.18 Å². The fourth-order valence-electron chi connectivity index (χ4n) is 2.11.